The highest BCUT2D eigenvalue weighted by Crippen LogP contribution is 2.22. The van der Waals surface area contributed by atoms with Gasteiger partial charge in [0.2, 0.25) is 6.29 Å². The monoisotopic (exact) mass is 220 g/mol. The van der Waals surface area contributed by atoms with Crippen molar-refractivity contribution in [3.63, 3.8) is 0 Å². The van der Waals surface area contributed by atoms with E-state index in [1.165, 1.54) is 13.8 Å². The molecule has 6 nitrogen and oxygen atoms in total. The van der Waals surface area contributed by atoms with E-state index < -0.39 is 30.3 Å². The number of aliphatic hydroxyl groups is 2. The zero-order valence-electron chi connectivity index (χ0n) is 8.77. The Hall–Kier alpha value is -1.14. The van der Waals surface area contributed by atoms with Crippen LogP contribution in [0.2, 0.25) is 0 Å². The molecule has 0 heterocycles. The molecule has 0 spiro atoms. The summed E-state index contributed by atoms with van der Waals surface area (Å²) in [5.41, 5.74) is -1.01. The normalized spacial score (nSPS) is 13.3. The first-order valence-corrected chi connectivity index (χ1v) is 4.51. The third kappa shape index (κ3) is 5.34. The van der Waals surface area contributed by atoms with Crippen LogP contribution in [0.15, 0.2) is 0 Å². The number of carbonyl (C=O) groups is 2. The average Bonchev–Trinajstić information content (AvgIpc) is 2.14. The number of esters is 1. The van der Waals surface area contributed by atoms with E-state index in [0.717, 1.165) is 0 Å². The van der Waals surface area contributed by atoms with E-state index in [9.17, 15) is 9.59 Å². The Morgan fingerprint density at radius 2 is 1.93 bits per heavy atom. The number of carbonyl (C=O) groups excluding carboxylic acids is 1. The second kappa shape index (κ2) is 5.67. The molecule has 0 saturated carbocycles. The third-order valence-corrected chi connectivity index (χ3v) is 1.96. The third-order valence-electron chi connectivity index (χ3n) is 1.96. The summed E-state index contributed by atoms with van der Waals surface area (Å²) in [7, 11) is 0. The van der Waals surface area contributed by atoms with Crippen molar-refractivity contribution in [2.24, 2.45) is 5.41 Å². The highest BCUT2D eigenvalue weighted by molar-refractivity contribution is 5.75. The summed E-state index contributed by atoms with van der Waals surface area (Å²) in [4.78, 5) is 21.7. The fraction of sp³-hybridized carbons (Fsp3) is 0.778. The number of rotatable bonds is 6. The van der Waals surface area contributed by atoms with Gasteiger partial charge in [0.05, 0.1) is 5.41 Å². The van der Waals surface area contributed by atoms with Crippen LogP contribution in [0, 0.1) is 5.41 Å². The van der Waals surface area contributed by atoms with Gasteiger partial charge in [-0.3, -0.25) is 9.59 Å². The molecule has 88 valence electrons. The van der Waals surface area contributed by atoms with Crippen molar-refractivity contribution in [3.8, 4) is 0 Å². The van der Waals surface area contributed by atoms with Gasteiger partial charge < -0.3 is 20.1 Å². The van der Waals surface area contributed by atoms with E-state index >= 15 is 0 Å². The quantitative estimate of drug-likeness (QED) is 0.420. The number of hydrogen-bond donors (Lipinski definition) is 3. The molecule has 15 heavy (non-hydrogen) atoms. The van der Waals surface area contributed by atoms with Gasteiger partial charge in [-0.25, -0.2) is 0 Å². The van der Waals surface area contributed by atoms with Crippen LogP contribution in [0.1, 0.15) is 26.7 Å². The van der Waals surface area contributed by atoms with E-state index in [1.807, 2.05) is 0 Å². The molecule has 1 atom stereocenters. The number of aliphatic hydroxyl groups excluding tert-OH is 2. The van der Waals surface area contributed by atoms with E-state index in [-0.39, 0.29) is 12.8 Å². The Bertz CT molecular complexity index is 235. The molecule has 0 aromatic carbocycles. The Labute approximate surface area is 87.5 Å². The molecule has 0 rings (SSSR count). The molecule has 0 aliphatic heterocycles. The zero-order chi connectivity index (χ0) is 12.1. The Morgan fingerprint density at radius 3 is 2.33 bits per heavy atom. The van der Waals surface area contributed by atoms with Gasteiger partial charge in [-0.05, 0) is 20.3 Å². The highest BCUT2D eigenvalue weighted by Gasteiger charge is 2.28. The topological polar surface area (TPSA) is 104 Å². The Morgan fingerprint density at radius 1 is 1.40 bits per heavy atom. The summed E-state index contributed by atoms with van der Waals surface area (Å²) >= 11 is 0. The van der Waals surface area contributed by atoms with Crippen molar-refractivity contribution >= 4 is 11.9 Å². The lowest BCUT2D eigenvalue weighted by molar-refractivity contribution is -0.174. The van der Waals surface area contributed by atoms with Crippen molar-refractivity contribution in [1.29, 1.82) is 0 Å². The maximum atomic E-state index is 11.0. The molecule has 0 fully saturated rings. The van der Waals surface area contributed by atoms with Gasteiger partial charge >= 0.3 is 11.9 Å². The molecular weight excluding hydrogens is 204 g/mol. The van der Waals surface area contributed by atoms with Crippen molar-refractivity contribution in [2.75, 3.05) is 6.61 Å². The average molecular weight is 220 g/mol. The van der Waals surface area contributed by atoms with Crippen LogP contribution >= 0.6 is 0 Å². The predicted molar refractivity (Wildman–Crippen MR) is 49.8 cm³/mol. The molecule has 0 radical (unpaired) electrons. The second-order valence-electron chi connectivity index (χ2n) is 3.82. The van der Waals surface area contributed by atoms with Crippen molar-refractivity contribution in [1.82, 2.24) is 0 Å². The van der Waals surface area contributed by atoms with Crippen LogP contribution in [-0.4, -0.2) is 40.2 Å². The molecule has 0 aromatic heterocycles. The fourth-order valence-electron chi connectivity index (χ4n) is 0.769. The van der Waals surface area contributed by atoms with Crippen molar-refractivity contribution in [2.45, 2.75) is 33.0 Å². The van der Waals surface area contributed by atoms with Crippen LogP contribution in [0.4, 0.5) is 0 Å². The first-order chi connectivity index (χ1) is 6.79. The first kappa shape index (κ1) is 13.9. The molecule has 0 aliphatic carbocycles. The zero-order valence-corrected chi connectivity index (χ0v) is 8.77. The van der Waals surface area contributed by atoms with Crippen molar-refractivity contribution in [3.05, 3.63) is 0 Å². The summed E-state index contributed by atoms with van der Waals surface area (Å²) in [6, 6.07) is 0. The lowest BCUT2D eigenvalue weighted by atomic mass is 9.88. The van der Waals surface area contributed by atoms with Crippen LogP contribution in [0.25, 0.3) is 0 Å². The molecular formula is C9H16O6. The van der Waals surface area contributed by atoms with Gasteiger partial charge in [-0.1, -0.05) is 0 Å². The summed E-state index contributed by atoms with van der Waals surface area (Å²) in [5, 5.41) is 25.9. The van der Waals surface area contributed by atoms with Gasteiger partial charge in [-0.2, -0.15) is 0 Å². The van der Waals surface area contributed by atoms with E-state index in [0.29, 0.717) is 0 Å². The minimum atomic E-state index is -1.54. The van der Waals surface area contributed by atoms with Gasteiger partial charge in [0.15, 0.2) is 0 Å². The van der Waals surface area contributed by atoms with Crippen LogP contribution in [-0.2, 0) is 14.3 Å². The molecule has 1 unspecified atom stereocenters. The summed E-state index contributed by atoms with van der Waals surface area (Å²) in [6.45, 7) is 2.31. The lowest BCUT2D eigenvalue weighted by Gasteiger charge is -2.18. The minimum absolute atomic E-state index is 0.110. The number of hydrogen-bond acceptors (Lipinski definition) is 5. The van der Waals surface area contributed by atoms with Crippen LogP contribution in [0.3, 0.4) is 0 Å². The Balaban J connectivity index is 3.96. The number of carboxylic acids is 1. The maximum Gasteiger partial charge on any atom is 0.309 e. The molecule has 3 N–H and O–H groups in total. The summed E-state index contributed by atoms with van der Waals surface area (Å²) in [5.74, 6) is -1.73. The number of ether oxygens (including phenoxy) is 1. The predicted octanol–water partition coefficient (Wildman–Crippen LogP) is -0.269. The van der Waals surface area contributed by atoms with E-state index in [2.05, 4.69) is 4.74 Å². The van der Waals surface area contributed by atoms with Gasteiger partial charge in [0.1, 0.15) is 6.61 Å². The van der Waals surface area contributed by atoms with Gasteiger partial charge in [0.25, 0.3) is 0 Å². The molecule has 6 heteroatoms. The molecule has 0 saturated heterocycles. The van der Waals surface area contributed by atoms with Crippen LogP contribution < -0.4 is 0 Å². The molecule has 0 aromatic rings. The molecule has 0 bridgehead atoms. The number of carboxylic acid groups (broad SMARTS) is 1. The largest absolute Gasteiger partial charge is 0.481 e. The van der Waals surface area contributed by atoms with Crippen molar-refractivity contribution < 1.29 is 29.6 Å². The maximum absolute atomic E-state index is 11.0. The number of aliphatic carboxylic acids is 1. The molecule has 0 aliphatic rings. The van der Waals surface area contributed by atoms with E-state index in [1.54, 1.807) is 0 Å². The minimum Gasteiger partial charge on any atom is -0.481 e. The van der Waals surface area contributed by atoms with Gasteiger partial charge in [0, 0.05) is 6.42 Å². The standard InChI is InChI=1S/C9H16O6/c1-9(2,8(13)14)4-3-6(11)15-7(12)5-10/h7,10,12H,3-5H2,1-2H3,(H,13,14). The Kier molecular flexibility index (Phi) is 5.24. The molecule has 0 amide bonds. The smallest absolute Gasteiger partial charge is 0.309 e. The second-order valence-corrected chi connectivity index (χ2v) is 3.82. The van der Waals surface area contributed by atoms with Gasteiger partial charge in [-0.15, -0.1) is 0 Å². The first-order valence-electron chi connectivity index (χ1n) is 4.51. The fourth-order valence-corrected chi connectivity index (χ4v) is 0.769. The van der Waals surface area contributed by atoms with Crippen LogP contribution in [0.5, 0.6) is 0 Å². The summed E-state index contributed by atoms with van der Waals surface area (Å²) in [6.07, 6.45) is -1.54. The summed E-state index contributed by atoms with van der Waals surface area (Å²) < 4.78 is 4.35. The lowest BCUT2D eigenvalue weighted by Crippen LogP contribution is -2.26. The SMILES string of the molecule is CC(C)(CCC(=O)OC(O)CO)C(=O)O. The highest BCUT2D eigenvalue weighted by atomic mass is 16.6. The van der Waals surface area contributed by atoms with E-state index in [4.69, 9.17) is 15.3 Å².